The van der Waals surface area contributed by atoms with Gasteiger partial charge in [-0.15, -0.1) is 0 Å². The van der Waals surface area contributed by atoms with Crippen molar-refractivity contribution in [2.45, 2.75) is 70.9 Å². The summed E-state index contributed by atoms with van der Waals surface area (Å²) in [4.78, 5) is 4.42. The van der Waals surface area contributed by atoms with Crippen LogP contribution in [0.3, 0.4) is 0 Å². The third-order valence-electron chi connectivity index (χ3n) is 6.90. The van der Waals surface area contributed by atoms with Gasteiger partial charge in [-0.05, 0) is 75.0 Å². The number of aromatic nitrogens is 2. The SMILES string of the molecule is CC[C@@H](N)c1cncn1C(C)C12CC3CC(CC(C3)C1)C2. The van der Waals surface area contributed by atoms with Gasteiger partial charge in [0.2, 0.25) is 0 Å². The van der Waals surface area contributed by atoms with Crippen molar-refractivity contribution in [1.29, 1.82) is 0 Å². The molecule has 0 amide bonds. The number of hydrogen-bond donors (Lipinski definition) is 1. The minimum Gasteiger partial charge on any atom is -0.330 e. The van der Waals surface area contributed by atoms with Crippen LogP contribution in [0.15, 0.2) is 12.5 Å². The molecule has 2 atom stereocenters. The predicted molar refractivity (Wildman–Crippen MR) is 84.8 cm³/mol. The summed E-state index contributed by atoms with van der Waals surface area (Å²) in [5, 5.41) is 0. The second kappa shape index (κ2) is 4.84. The Balaban J connectivity index is 1.66. The van der Waals surface area contributed by atoms with E-state index in [-0.39, 0.29) is 6.04 Å². The molecule has 0 radical (unpaired) electrons. The molecule has 4 aliphatic carbocycles. The minimum atomic E-state index is 0.129. The summed E-state index contributed by atoms with van der Waals surface area (Å²) in [6.45, 7) is 4.60. The van der Waals surface area contributed by atoms with Gasteiger partial charge in [0, 0.05) is 18.3 Å². The molecule has 0 aliphatic heterocycles. The average molecular weight is 287 g/mol. The zero-order valence-corrected chi connectivity index (χ0v) is 13.5. The Bertz CT molecular complexity index is 483. The molecule has 3 heteroatoms. The maximum atomic E-state index is 6.31. The van der Waals surface area contributed by atoms with Crippen molar-refractivity contribution in [3.05, 3.63) is 18.2 Å². The molecule has 1 unspecified atom stereocenters. The monoisotopic (exact) mass is 287 g/mol. The van der Waals surface area contributed by atoms with Crippen molar-refractivity contribution < 1.29 is 0 Å². The number of rotatable bonds is 4. The maximum absolute atomic E-state index is 6.31. The first-order valence-electron chi connectivity index (χ1n) is 8.88. The summed E-state index contributed by atoms with van der Waals surface area (Å²) in [6.07, 6.45) is 13.9. The Hall–Kier alpha value is -0.830. The molecule has 5 rings (SSSR count). The van der Waals surface area contributed by atoms with Gasteiger partial charge in [-0.3, -0.25) is 0 Å². The lowest BCUT2D eigenvalue weighted by atomic mass is 9.48. The van der Waals surface area contributed by atoms with E-state index in [1.54, 1.807) is 0 Å². The zero-order chi connectivity index (χ0) is 14.6. The van der Waals surface area contributed by atoms with Crippen LogP contribution < -0.4 is 5.73 Å². The van der Waals surface area contributed by atoms with Crippen LogP contribution in [0.4, 0.5) is 0 Å². The average Bonchev–Trinajstić information content (AvgIpc) is 2.93. The zero-order valence-electron chi connectivity index (χ0n) is 13.5. The quantitative estimate of drug-likeness (QED) is 0.907. The minimum absolute atomic E-state index is 0.129. The van der Waals surface area contributed by atoms with Crippen LogP contribution >= 0.6 is 0 Å². The van der Waals surface area contributed by atoms with E-state index in [9.17, 15) is 0 Å². The Morgan fingerprint density at radius 3 is 2.33 bits per heavy atom. The molecule has 0 saturated heterocycles. The van der Waals surface area contributed by atoms with Crippen LogP contribution in [-0.4, -0.2) is 9.55 Å². The maximum Gasteiger partial charge on any atom is 0.0951 e. The van der Waals surface area contributed by atoms with E-state index in [0.717, 1.165) is 24.2 Å². The fraction of sp³-hybridized carbons (Fsp3) is 0.833. The summed E-state index contributed by atoms with van der Waals surface area (Å²) in [5.74, 6) is 3.02. The topological polar surface area (TPSA) is 43.8 Å². The number of nitrogens with zero attached hydrogens (tertiary/aromatic N) is 2. The van der Waals surface area contributed by atoms with Gasteiger partial charge in [-0.25, -0.2) is 4.98 Å². The normalized spacial score (nSPS) is 40.4. The lowest BCUT2D eigenvalue weighted by molar-refractivity contribution is -0.0793. The van der Waals surface area contributed by atoms with E-state index in [1.165, 1.54) is 44.2 Å². The summed E-state index contributed by atoms with van der Waals surface area (Å²) >= 11 is 0. The molecule has 116 valence electrons. The molecule has 0 aromatic carbocycles. The molecular weight excluding hydrogens is 258 g/mol. The van der Waals surface area contributed by atoms with Crippen molar-refractivity contribution in [3.8, 4) is 0 Å². The highest BCUT2D eigenvalue weighted by molar-refractivity contribution is 5.11. The van der Waals surface area contributed by atoms with Gasteiger partial charge >= 0.3 is 0 Å². The van der Waals surface area contributed by atoms with Gasteiger partial charge in [0.05, 0.1) is 12.0 Å². The van der Waals surface area contributed by atoms with Gasteiger partial charge in [-0.1, -0.05) is 6.92 Å². The third kappa shape index (κ3) is 2.08. The summed E-state index contributed by atoms with van der Waals surface area (Å²) < 4.78 is 2.42. The van der Waals surface area contributed by atoms with Crippen LogP contribution in [0.1, 0.15) is 76.6 Å². The Kier molecular flexibility index (Phi) is 3.18. The van der Waals surface area contributed by atoms with E-state index in [2.05, 4.69) is 23.4 Å². The molecule has 4 fully saturated rings. The third-order valence-corrected chi connectivity index (χ3v) is 6.90. The lowest BCUT2D eigenvalue weighted by Crippen LogP contribution is -2.49. The van der Waals surface area contributed by atoms with Crippen LogP contribution in [0, 0.1) is 23.2 Å². The summed E-state index contributed by atoms with van der Waals surface area (Å²) in [7, 11) is 0. The fourth-order valence-electron chi connectivity index (χ4n) is 6.12. The fourth-order valence-corrected chi connectivity index (χ4v) is 6.12. The van der Waals surface area contributed by atoms with Crippen LogP contribution in [0.5, 0.6) is 0 Å². The molecule has 2 N–H and O–H groups in total. The highest BCUT2D eigenvalue weighted by Crippen LogP contribution is 2.63. The molecular formula is C18H29N3. The number of nitrogens with two attached hydrogens (primary N) is 1. The number of imidazole rings is 1. The highest BCUT2D eigenvalue weighted by Gasteiger charge is 2.53. The van der Waals surface area contributed by atoms with Crippen molar-refractivity contribution in [2.75, 3.05) is 0 Å². The second-order valence-corrected chi connectivity index (χ2v) is 8.20. The van der Waals surface area contributed by atoms with Gasteiger partial charge < -0.3 is 10.3 Å². The van der Waals surface area contributed by atoms with Crippen LogP contribution in [0.2, 0.25) is 0 Å². The van der Waals surface area contributed by atoms with E-state index in [0.29, 0.717) is 11.5 Å². The molecule has 1 aromatic heterocycles. The van der Waals surface area contributed by atoms with Crippen LogP contribution in [0.25, 0.3) is 0 Å². The first kappa shape index (κ1) is 13.8. The van der Waals surface area contributed by atoms with E-state index in [4.69, 9.17) is 5.73 Å². The highest BCUT2D eigenvalue weighted by atomic mass is 15.1. The largest absolute Gasteiger partial charge is 0.330 e. The molecule has 4 aliphatic rings. The van der Waals surface area contributed by atoms with Gasteiger partial charge in [0.25, 0.3) is 0 Å². The molecule has 4 bridgehead atoms. The van der Waals surface area contributed by atoms with Crippen LogP contribution in [-0.2, 0) is 0 Å². The summed E-state index contributed by atoms with van der Waals surface area (Å²) in [5.41, 5.74) is 8.07. The molecule has 0 spiro atoms. The van der Waals surface area contributed by atoms with Gasteiger partial charge in [0.1, 0.15) is 0 Å². The smallest absolute Gasteiger partial charge is 0.0951 e. The summed E-state index contributed by atoms with van der Waals surface area (Å²) in [6, 6.07) is 0.685. The Labute approximate surface area is 128 Å². The van der Waals surface area contributed by atoms with Gasteiger partial charge in [0.15, 0.2) is 0 Å². The Morgan fingerprint density at radius 1 is 1.24 bits per heavy atom. The molecule has 1 heterocycles. The Morgan fingerprint density at radius 2 is 1.81 bits per heavy atom. The molecule has 21 heavy (non-hydrogen) atoms. The van der Waals surface area contributed by atoms with Crippen molar-refractivity contribution in [2.24, 2.45) is 28.9 Å². The van der Waals surface area contributed by atoms with E-state index in [1.807, 2.05) is 12.5 Å². The molecule has 3 nitrogen and oxygen atoms in total. The molecule has 4 saturated carbocycles. The van der Waals surface area contributed by atoms with Crippen molar-refractivity contribution >= 4 is 0 Å². The molecule has 1 aromatic rings. The lowest BCUT2D eigenvalue weighted by Gasteiger charge is -2.59. The second-order valence-electron chi connectivity index (χ2n) is 8.20. The van der Waals surface area contributed by atoms with Crippen molar-refractivity contribution in [3.63, 3.8) is 0 Å². The number of hydrogen-bond acceptors (Lipinski definition) is 2. The van der Waals surface area contributed by atoms with Gasteiger partial charge in [-0.2, -0.15) is 0 Å². The van der Waals surface area contributed by atoms with E-state index < -0.39 is 0 Å². The van der Waals surface area contributed by atoms with Crippen molar-refractivity contribution in [1.82, 2.24) is 9.55 Å². The first-order chi connectivity index (χ1) is 10.1. The van der Waals surface area contributed by atoms with E-state index >= 15 is 0 Å². The predicted octanol–water partition coefficient (Wildman–Crippen LogP) is 4.07. The first-order valence-corrected chi connectivity index (χ1v) is 8.88. The standard InChI is InChI=1S/C18H29N3/c1-3-16(19)17-10-20-11-21(17)12(2)18-7-13-4-14(8-18)6-15(5-13)9-18/h10-16H,3-9,19H2,1-2H3/t12?,13?,14?,15?,16-,18?/m1/s1.